The van der Waals surface area contributed by atoms with Crippen LogP contribution in [0.4, 0.5) is 0 Å². The Hall–Kier alpha value is -0.850. The molecular weight excluding hydrogens is 286 g/mol. The number of sulfone groups is 1. The summed E-state index contributed by atoms with van der Waals surface area (Å²) in [5.41, 5.74) is 1.80. The fourth-order valence-electron chi connectivity index (χ4n) is 2.12. The fourth-order valence-corrected chi connectivity index (χ4v) is 3.72. The van der Waals surface area contributed by atoms with Gasteiger partial charge in [-0.3, -0.25) is 4.68 Å². The summed E-state index contributed by atoms with van der Waals surface area (Å²) in [5.74, 6) is 0.117. The summed E-state index contributed by atoms with van der Waals surface area (Å²) in [6.45, 7) is 5.28. The second-order valence-electron chi connectivity index (χ2n) is 4.52. The third-order valence-electron chi connectivity index (χ3n) is 3.16. The predicted molar refractivity (Wildman–Crippen MR) is 75.8 cm³/mol. The average Bonchev–Trinajstić information content (AvgIpc) is 2.87. The van der Waals surface area contributed by atoms with Gasteiger partial charge in [0.25, 0.3) is 0 Å². The van der Waals surface area contributed by atoms with Crippen molar-refractivity contribution in [2.45, 2.75) is 39.4 Å². The highest BCUT2D eigenvalue weighted by Crippen LogP contribution is 2.22. The van der Waals surface area contributed by atoms with Crippen LogP contribution in [-0.4, -0.2) is 30.0 Å². The number of hydrogen-bond donors (Lipinski definition) is 1. The normalized spacial score (nSPS) is 21.1. The second kappa shape index (κ2) is 5.64. The first-order valence-corrected chi connectivity index (χ1v) is 8.44. The molecule has 19 heavy (non-hydrogen) atoms. The second-order valence-corrected chi connectivity index (χ2v) is 6.83. The van der Waals surface area contributed by atoms with E-state index in [2.05, 4.69) is 10.4 Å². The summed E-state index contributed by atoms with van der Waals surface area (Å²) in [6, 6.07) is -0.147. The maximum atomic E-state index is 11.3. The summed E-state index contributed by atoms with van der Waals surface area (Å²) in [7, 11) is -3.02. The van der Waals surface area contributed by atoms with E-state index in [4.69, 9.17) is 11.6 Å². The zero-order chi connectivity index (χ0) is 14.0. The molecule has 0 fully saturated rings. The minimum absolute atomic E-state index is 0.117. The predicted octanol–water partition coefficient (Wildman–Crippen LogP) is 1.52. The van der Waals surface area contributed by atoms with Crippen LogP contribution in [0.3, 0.4) is 0 Å². The molecule has 0 amide bonds. The molecule has 0 bridgehead atoms. The van der Waals surface area contributed by atoms with Crippen molar-refractivity contribution in [3.8, 4) is 0 Å². The molecule has 1 N–H and O–H groups in total. The Morgan fingerprint density at radius 2 is 2.26 bits per heavy atom. The molecule has 0 saturated carbocycles. The Bertz CT molecular complexity index is 592. The SMILES string of the molecule is CCc1nn(CC)c(CNC2C=CS(=O)(=O)C2)c1Cl. The summed E-state index contributed by atoms with van der Waals surface area (Å²) >= 11 is 6.29. The highest BCUT2D eigenvalue weighted by Gasteiger charge is 2.22. The molecule has 7 heteroatoms. The summed E-state index contributed by atoms with van der Waals surface area (Å²) in [4.78, 5) is 0. The first kappa shape index (κ1) is 14.6. The van der Waals surface area contributed by atoms with Crippen LogP contribution in [0.2, 0.25) is 5.02 Å². The largest absolute Gasteiger partial charge is 0.304 e. The van der Waals surface area contributed by atoms with Crippen molar-refractivity contribution in [1.29, 1.82) is 0 Å². The number of aryl methyl sites for hydroxylation is 2. The summed E-state index contributed by atoms with van der Waals surface area (Å²) in [5, 5.41) is 9.57. The smallest absolute Gasteiger partial charge is 0.173 e. The third-order valence-corrected chi connectivity index (χ3v) is 4.99. The van der Waals surface area contributed by atoms with Gasteiger partial charge in [0.05, 0.1) is 22.2 Å². The van der Waals surface area contributed by atoms with Gasteiger partial charge in [-0.15, -0.1) is 0 Å². The van der Waals surface area contributed by atoms with Crippen LogP contribution < -0.4 is 5.32 Å². The van der Waals surface area contributed by atoms with E-state index in [1.165, 1.54) is 5.41 Å². The highest BCUT2D eigenvalue weighted by atomic mass is 35.5. The van der Waals surface area contributed by atoms with Crippen molar-refractivity contribution >= 4 is 21.4 Å². The standard InChI is InChI=1S/C12H18ClN3O2S/c1-3-10-12(13)11(16(4-2)15-10)7-14-9-5-6-19(17,18)8-9/h5-6,9,14H,3-4,7-8H2,1-2H3. The minimum atomic E-state index is -3.02. The summed E-state index contributed by atoms with van der Waals surface area (Å²) in [6.07, 6.45) is 2.47. The lowest BCUT2D eigenvalue weighted by atomic mass is 10.2. The Morgan fingerprint density at radius 1 is 1.53 bits per heavy atom. The average molecular weight is 304 g/mol. The van der Waals surface area contributed by atoms with Gasteiger partial charge in [-0.2, -0.15) is 5.10 Å². The van der Waals surface area contributed by atoms with Crippen LogP contribution in [0.1, 0.15) is 25.2 Å². The van der Waals surface area contributed by atoms with Gasteiger partial charge in [0, 0.05) is 24.5 Å². The number of halogens is 1. The lowest BCUT2D eigenvalue weighted by Crippen LogP contribution is -2.30. The van der Waals surface area contributed by atoms with E-state index < -0.39 is 9.84 Å². The van der Waals surface area contributed by atoms with Crippen LogP contribution in [0, 0.1) is 0 Å². The number of hydrogen-bond acceptors (Lipinski definition) is 4. The Balaban J connectivity index is 2.08. The first-order valence-electron chi connectivity index (χ1n) is 6.35. The van der Waals surface area contributed by atoms with Crippen molar-refractivity contribution in [3.63, 3.8) is 0 Å². The van der Waals surface area contributed by atoms with E-state index in [9.17, 15) is 8.42 Å². The van der Waals surface area contributed by atoms with Crippen LogP contribution >= 0.6 is 11.6 Å². The Kier molecular flexibility index (Phi) is 4.32. The van der Waals surface area contributed by atoms with Crippen molar-refractivity contribution in [2.75, 3.05) is 5.75 Å². The van der Waals surface area contributed by atoms with Crippen LogP contribution in [0.5, 0.6) is 0 Å². The molecular formula is C12H18ClN3O2S. The maximum Gasteiger partial charge on any atom is 0.173 e. The number of nitrogens with one attached hydrogen (secondary N) is 1. The Labute approximate surface area is 118 Å². The van der Waals surface area contributed by atoms with Crippen molar-refractivity contribution in [2.24, 2.45) is 0 Å². The molecule has 1 aliphatic rings. The van der Waals surface area contributed by atoms with Crippen LogP contribution in [-0.2, 0) is 29.3 Å². The molecule has 1 aromatic heterocycles. The van der Waals surface area contributed by atoms with Gasteiger partial charge in [0.15, 0.2) is 9.84 Å². The zero-order valence-electron chi connectivity index (χ0n) is 11.1. The van der Waals surface area contributed by atoms with Gasteiger partial charge in [0.1, 0.15) is 0 Å². The molecule has 0 radical (unpaired) electrons. The number of aromatic nitrogens is 2. The van der Waals surface area contributed by atoms with Crippen LogP contribution in [0.25, 0.3) is 0 Å². The molecule has 0 saturated heterocycles. The monoisotopic (exact) mass is 303 g/mol. The van der Waals surface area contributed by atoms with E-state index in [1.807, 2.05) is 18.5 Å². The van der Waals surface area contributed by atoms with Gasteiger partial charge in [0.2, 0.25) is 0 Å². The number of rotatable bonds is 5. The lowest BCUT2D eigenvalue weighted by molar-refractivity contribution is 0.556. The topological polar surface area (TPSA) is 64.0 Å². The van der Waals surface area contributed by atoms with Gasteiger partial charge >= 0.3 is 0 Å². The van der Waals surface area contributed by atoms with Crippen molar-refractivity contribution < 1.29 is 8.42 Å². The maximum absolute atomic E-state index is 11.3. The lowest BCUT2D eigenvalue weighted by Gasteiger charge is -2.11. The summed E-state index contributed by atoms with van der Waals surface area (Å²) < 4.78 is 24.5. The molecule has 5 nitrogen and oxygen atoms in total. The molecule has 1 aliphatic heterocycles. The molecule has 2 rings (SSSR count). The van der Waals surface area contributed by atoms with E-state index in [-0.39, 0.29) is 11.8 Å². The molecule has 1 aromatic rings. The van der Waals surface area contributed by atoms with E-state index in [0.29, 0.717) is 11.6 Å². The fraction of sp³-hybridized carbons (Fsp3) is 0.583. The molecule has 1 unspecified atom stereocenters. The van der Waals surface area contributed by atoms with Crippen molar-refractivity contribution in [3.05, 3.63) is 27.9 Å². The van der Waals surface area contributed by atoms with Gasteiger partial charge in [-0.05, 0) is 13.3 Å². The van der Waals surface area contributed by atoms with E-state index in [0.717, 1.165) is 24.4 Å². The molecule has 0 aliphatic carbocycles. The first-order chi connectivity index (χ1) is 8.96. The zero-order valence-corrected chi connectivity index (χ0v) is 12.6. The molecule has 2 heterocycles. The molecule has 1 atom stereocenters. The quantitative estimate of drug-likeness (QED) is 0.896. The van der Waals surface area contributed by atoms with Gasteiger partial charge in [-0.1, -0.05) is 24.6 Å². The Morgan fingerprint density at radius 3 is 2.79 bits per heavy atom. The van der Waals surface area contributed by atoms with Gasteiger partial charge in [-0.25, -0.2) is 8.42 Å². The number of nitrogens with zero attached hydrogens (tertiary/aromatic N) is 2. The molecule has 0 spiro atoms. The van der Waals surface area contributed by atoms with Crippen molar-refractivity contribution in [1.82, 2.24) is 15.1 Å². The van der Waals surface area contributed by atoms with E-state index >= 15 is 0 Å². The van der Waals surface area contributed by atoms with Gasteiger partial charge < -0.3 is 5.32 Å². The molecule has 106 valence electrons. The van der Waals surface area contributed by atoms with Crippen LogP contribution in [0.15, 0.2) is 11.5 Å². The molecule has 0 aromatic carbocycles. The third kappa shape index (κ3) is 3.19. The highest BCUT2D eigenvalue weighted by molar-refractivity contribution is 7.94. The minimum Gasteiger partial charge on any atom is -0.304 e. The van der Waals surface area contributed by atoms with E-state index in [1.54, 1.807) is 6.08 Å².